The largest absolute Gasteiger partial charge is 0.348 e. The maximum Gasteiger partial charge on any atom is 0.123 e. The van der Waals surface area contributed by atoms with Gasteiger partial charge in [-0.2, -0.15) is 0 Å². The number of aromatic amines is 1. The van der Waals surface area contributed by atoms with E-state index in [4.69, 9.17) is 0 Å². The van der Waals surface area contributed by atoms with Gasteiger partial charge in [-0.05, 0) is 36.6 Å². The Labute approximate surface area is 94.5 Å². The van der Waals surface area contributed by atoms with Crippen LogP contribution in [0.2, 0.25) is 0 Å². The summed E-state index contributed by atoms with van der Waals surface area (Å²) >= 11 is 0. The van der Waals surface area contributed by atoms with Gasteiger partial charge in [-0.3, -0.25) is 0 Å². The molecule has 16 heavy (non-hydrogen) atoms. The maximum atomic E-state index is 12.8. The molecule has 3 heteroatoms. The number of nitrogens with one attached hydrogen (secondary N) is 1. The molecule has 0 unspecified atom stereocenters. The molecule has 1 aromatic carbocycles. The van der Waals surface area contributed by atoms with E-state index in [2.05, 4.69) is 23.8 Å². The highest BCUT2D eigenvalue weighted by Gasteiger charge is 2.09. The second-order valence-electron chi connectivity index (χ2n) is 4.33. The minimum atomic E-state index is -0.218. The summed E-state index contributed by atoms with van der Waals surface area (Å²) in [6.45, 7) is 4.32. The van der Waals surface area contributed by atoms with Gasteiger partial charge in [0.05, 0.1) is 12.0 Å². The zero-order valence-corrected chi connectivity index (χ0v) is 9.50. The number of imidazole rings is 1. The van der Waals surface area contributed by atoms with Crippen molar-refractivity contribution in [1.82, 2.24) is 9.97 Å². The zero-order chi connectivity index (χ0) is 11.5. The molecular formula is C13H15FN2. The van der Waals surface area contributed by atoms with Crippen LogP contribution in [0.25, 0.3) is 11.3 Å². The van der Waals surface area contributed by atoms with E-state index in [9.17, 15) is 4.39 Å². The SMILES string of the molecule is CC(C)Cc1[nH]cnc1-c1ccc(F)cc1. The molecule has 0 atom stereocenters. The topological polar surface area (TPSA) is 28.7 Å². The van der Waals surface area contributed by atoms with Crippen LogP contribution in [0.3, 0.4) is 0 Å². The molecule has 0 aliphatic carbocycles. The van der Waals surface area contributed by atoms with Crippen molar-refractivity contribution >= 4 is 0 Å². The van der Waals surface area contributed by atoms with E-state index in [-0.39, 0.29) is 5.82 Å². The standard InChI is InChI=1S/C13H15FN2/c1-9(2)7-12-13(16-8-15-12)10-3-5-11(14)6-4-10/h3-6,8-9H,7H2,1-2H3,(H,15,16). The van der Waals surface area contributed by atoms with Crippen molar-refractivity contribution in [2.75, 3.05) is 0 Å². The zero-order valence-electron chi connectivity index (χ0n) is 9.50. The Bertz CT molecular complexity index is 457. The third kappa shape index (κ3) is 2.30. The highest BCUT2D eigenvalue weighted by molar-refractivity contribution is 5.61. The number of H-pyrrole nitrogens is 1. The second kappa shape index (κ2) is 4.47. The van der Waals surface area contributed by atoms with Crippen LogP contribution in [0.1, 0.15) is 19.5 Å². The molecule has 84 valence electrons. The molecule has 0 spiro atoms. The Morgan fingerprint density at radius 2 is 1.94 bits per heavy atom. The number of hydrogen-bond donors (Lipinski definition) is 1. The van der Waals surface area contributed by atoms with Gasteiger partial charge in [-0.15, -0.1) is 0 Å². The van der Waals surface area contributed by atoms with Gasteiger partial charge in [0.25, 0.3) is 0 Å². The van der Waals surface area contributed by atoms with Crippen molar-refractivity contribution in [2.24, 2.45) is 5.92 Å². The van der Waals surface area contributed by atoms with E-state index in [1.54, 1.807) is 18.5 Å². The number of benzene rings is 1. The molecule has 0 aliphatic rings. The van der Waals surface area contributed by atoms with E-state index >= 15 is 0 Å². The molecule has 2 rings (SSSR count). The summed E-state index contributed by atoms with van der Waals surface area (Å²) in [6.07, 6.45) is 2.64. The Balaban J connectivity index is 2.33. The quantitative estimate of drug-likeness (QED) is 0.840. The van der Waals surface area contributed by atoms with Crippen LogP contribution in [-0.4, -0.2) is 9.97 Å². The summed E-state index contributed by atoms with van der Waals surface area (Å²) in [7, 11) is 0. The molecule has 0 saturated heterocycles. The lowest BCUT2D eigenvalue weighted by atomic mass is 10.0. The van der Waals surface area contributed by atoms with Crippen LogP contribution in [0.4, 0.5) is 4.39 Å². The molecule has 0 amide bonds. The normalized spacial score (nSPS) is 11.0. The first-order valence-corrected chi connectivity index (χ1v) is 5.45. The Hall–Kier alpha value is -1.64. The van der Waals surface area contributed by atoms with Gasteiger partial charge in [0.15, 0.2) is 0 Å². The van der Waals surface area contributed by atoms with Crippen LogP contribution in [0.15, 0.2) is 30.6 Å². The van der Waals surface area contributed by atoms with Crippen molar-refractivity contribution in [1.29, 1.82) is 0 Å². The molecule has 2 aromatic rings. The molecule has 2 nitrogen and oxygen atoms in total. The number of hydrogen-bond acceptors (Lipinski definition) is 1. The van der Waals surface area contributed by atoms with Crippen molar-refractivity contribution in [3.05, 3.63) is 42.1 Å². The summed E-state index contributed by atoms with van der Waals surface area (Å²) in [6, 6.07) is 6.44. The lowest BCUT2D eigenvalue weighted by Crippen LogP contribution is -1.96. The highest BCUT2D eigenvalue weighted by Crippen LogP contribution is 2.22. The molecule has 0 saturated carbocycles. The number of halogens is 1. The summed E-state index contributed by atoms with van der Waals surface area (Å²) in [4.78, 5) is 7.44. The average Bonchev–Trinajstić information content (AvgIpc) is 2.66. The van der Waals surface area contributed by atoms with Crippen molar-refractivity contribution in [2.45, 2.75) is 20.3 Å². The number of rotatable bonds is 3. The fourth-order valence-corrected chi connectivity index (χ4v) is 1.74. The van der Waals surface area contributed by atoms with Crippen LogP contribution in [0.5, 0.6) is 0 Å². The smallest absolute Gasteiger partial charge is 0.123 e. The summed E-state index contributed by atoms with van der Waals surface area (Å²) < 4.78 is 12.8. The van der Waals surface area contributed by atoms with E-state index in [0.29, 0.717) is 5.92 Å². The molecule has 0 bridgehead atoms. The monoisotopic (exact) mass is 218 g/mol. The van der Waals surface area contributed by atoms with Crippen LogP contribution in [-0.2, 0) is 6.42 Å². The van der Waals surface area contributed by atoms with Gasteiger partial charge in [0, 0.05) is 11.3 Å². The van der Waals surface area contributed by atoms with Gasteiger partial charge < -0.3 is 4.98 Å². The van der Waals surface area contributed by atoms with Gasteiger partial charge in [-0.25, -0.2) is 9.37 Å². The van der Waals surface area contributed by atoms with E-state index in [1.807, 2.05) is 0 Å². The van der Waals surface area contributed by atoms with E-state index < -0.39 is 0 Å². The number of nitrogens with zero attached hydrogens (tertiary/aromatic N) is 1. The minimum Gasteiger partial charge on any atom is -0.348 e. The maximum absolute atomic E-state index is 12.8. The predicted molar refractivity (Wildman–Crippen MR) is 62.5 cm³/mol. The second-order valence-corrected chi connectivity index (χ2v) is 4.33. The Morgan fingerprint density at radius 1 is 1.25 bits per heavy atom. The first-order valence-electron chi connectivity index (χ1n) is 5.45. The van der Waals surface area contributed by atoms with E-state index in [0.717, 1.165) is 23.4 Å². The third-order valence-corrected chi connectivity index (χ3v) is 2.45. The van der Waals surface area contributed by atoms with Gasteiger partial charge in [-0.1, -0.05) is 13.8 Å². The van der Waals surface area contributed by atoms with Crippen molar-refractivity contribution in [3.63, 3.8) is 0 Å². The Morgan fingerprint density at radius 3 is 2.56 bits per heavy atom. The molecule has 0 aliphatic heterocycles. The molecule has 1 heterocycles. The van der Waals surface area contributed by atoms with Gasteiger partial charge >= 0.3 is 0 Å². The van der Waals surface area contributed by atoms with Crippen LogP contribution < -0.4 is 0 Å². The fourth-order valence-electron chi connectivity index (χ4n) is 1.74. The first kappa shape index (κ1) is 10.9. The predicted octanol–water partition coefficient (Wildman–Crippen LogP) is 3.41. The Kier molecular flexibility index (Phi) is 3.04. The molecule has 0 fully saturated rings. The molecule has 1 N–H and O–H groups in total. The van der Waals surface area contributed by atoms with Crippen molar-refractivity contribution in [3.8, 4) is 11.3 Å². The molecular weight excluding hydrogens is 203 g/mol. The lowest BCUT2D eigenvalue weighted by Gasteiger charge is -2.05. The lowest BCUT2D eigenvalue weighted by molar-refractivity contribution is 0.627. The molecule has 0 radical (unpaired) electrons. The fraction of sp³-hybridized carbons (Fsp3) is 0.308. The summed E-state index contributed by atoms with van der Waals surface area (Å²) in [5.74, 6) is 0.351. The van der Waals surface area contributed by atoms with Gasteiger partial charge in [0.1, 0.15) is 5.82 Å². The average molecular weight is 218 g/mol. The molecule has 1 aromatic heterocycles. The first-order chi connectivity index (χ1) is 7.66. The third-order valence-electron chi connectivity index (χ3n) is 2.45. The highest BCUT2D eigenvalue weighted by atomic mass is 19.1. The van der Waals surface area contributed by atoms with Gasteiger partial charge in [0.2, 0.25) is 0 Å². The van der Waals surface area contributed by atoms with Crippen LogP contribution >= 0.6 is 0 Å². The van der Waals surface area contributed by atoms with Crippen molar-refractivity contribution < 1.29 is 4.39 Å². The van der Waals surface area contributed by atoms with E-state index in [1.165, 1.54) is 12.1 Å². The summed E-state index contributed by atoms with van der Waals surface area (Å²) in [5.41, 5.74) is 2.99. The summed E-state index contributed by atoms with van der Waals surface area (Å²) in [5, 5.41) is 0. The minimum absolute atomic E-state index is 0.218. The van der Waals surface area contributed by atoms with Crippen LogP contribution in [0, 0.1) is 11.7 Å². The number of aromatic nitrogens is 2.